The lowest BCUT2D eigenvalue weighted by molar-refractivity contribution is 0.840. The van der Waals surface area contributed by atoms with E-state index in [0.29, 0.717) is 6.42 Å². The third-order valence-corrected chi connectivity index (χ3v) is 3.41. The Hall–Kier alpha value is -2.95. The Balaban J connectivity index is 1.78. The molecule has 0 unspecified atom stereocenters. The fraction of sp³-hybridized carbons (Fsp3) is 0.0625. The van der Waals surface area contributed by atoms with Crippen molar-refractivity contribution in [3.8, 4) is 11.4 Å². The van der Waals surface area contributed by atoms with E-state index in [2.05, 4.69) is 32.4 Å². The average Bonchev–Trinajstić information content (AvgIpc) is 3.18. The van der Waals surface area contributed by atoms with Crippen LogP contribution in [-0.4, -0.2) is 24.8 Å². The van der Waals surface area contributed by atoms with Gasteiger partial charge in [-0.2, -0.15) is 9.61 Å². The third kappa shape index (κ3) is 2.18. The molecule has 3 heterocycles. The maximum absolute atomic E-state index is 4.63. The highest BCUT2D eigenvalue weighted by atomic mass is 15.4. The van der Waals surface area contributed by atoms with Gasteiger partial charge in [0.2, 0.25) is 0 Å². The lowest BCUT2D eigenvalue weighted by Crippen LogP contribution is -2.01. The van der Waals surface area contributed by atoms with Gasteiger partial charge < -0.3 is 4.98 Å². The van der Waals surface area contributed by atoms with Crippen molar-refractivity contribution in [2.75, 3.05) is 0 Å². The zero-order chi connectivity index (χ0) is 14.1. The highest BCUT2D eigenvalue weighted by Crippen LogP contribution is 2.16. The molecule has 0 fully saturated rings. The SMILES string of the molecule is c1ccc(Cc2nnc3ccc(-c4ccc[nH]4)nn23)cc1. The summed E-state index contributed by atoms with van der Waals surface area (Å²) in [5.74, 6) is 0.838. The first kappa shape index (κ1) is 11.8. The van der Waals surface area contributed by atoms with Gasteiger partial charge >= 0.3 is 0 Å². The minimum absolute atomic E-state index is 0.711. The second-order valence-electron chi connectivity index (χ2n) is 4.85. The van der Waals surface area contributed by atoms with E-state index in [-0.39, 0.29) is 0 Å². The Morgan fingerprint density at radius 2 is 1.81 bits per heavy atom. The van der Waals surface area contributed by atoms with Crippen LogP contribution >= 0.6 is 0 Å². The van der Waals surface area contributed by atoms with Crippen LogP contribution in [-0.2, 0) is 6.42 Å². The van der Waals surface area contributed by atoms with Crippen molar-refractivity contribution in [1.29, 1.82) is 0 Å². The molecule has 5 heteroatoms. The molecule has 0 radical (unpaired) electrons. The van der Waals surface area contributed by atoms with Gasteiger partial charge in [0.1, 0.15) is 5.69 Å². The maximum atomic E-state index is 4.63. The second kappa shape index (κ2) is 4.86. The minimum atomic E-state index is 0.711. The molecule has 4 aromatic rings. The predicted octanol–water partition coefficient (Wildman–Crippen LogP) is 2.71. The number of fused-ring (bicyclic) bond motifs is 1. The number of nitrogens with one attached hydrogen (secondary N) is 1. The largest absolute Gasteiger partial charge is 0.360 e. The topological polar surface area (TPSA) is 58.9 Å². The van der Waals surface area contributed by atoms with Crippen LogP contribution in [0.2, 0.25) is 0 Å². The van der Waals surface area contributed by atoms with Crippen LogP contribution in [0.15, 0.2) is 60.8 Å². The number of nitrogens with zero attached hydrogens (tertiary/aromatic N) is 4. The van der Waals surface area contributed by atoms with Crippen LogP contribution in [0.5, 0.6) is 0 Å². The Kier molecular flexibility index (Phi) is 2.74. The van der Waals surface area contributed by atoms with Gasteiger partial charge in [0, 0.05) is 12.6 Å². The molecule has 1 aromatic carbocycles. The molecule has 0 aliphatic heterocycles. The zero-order valence-corrected chi connectivity index (χ0v) is 11.3. The number of aromatic amines is 1. The highest BCUT2D eigenvalue weighted by Gasteiger charge is 2.09. The maximum Gasteiger partial charge on any atom is 0.177 e. The van der Waals surface area contributed by atoms with Gasteiger partial charge in [-0.25, -0.2) is 0 Å². The van der Waals surface area contributed by atoms with Gasteiger partial charge in [0.15, 0.2) is 11.5 Å². The average molecular weight is 275 g/mol. The van der Waals surface area contributed by atoms with E-state index in [1.807, 2.05) is 53.2 Å². The van der Waals surface area contributed by atoms with Crippen LogP contribution in [0.4, 0.5) is 0 Å². The van der Waals surface area contributed by atoms with E-state index in [1.165, 1.54) is 5.56 Å². The zero-order valence-electron chi connectivity index (χ0n) is 11.3. The molecular formula is C16H13N5. The standard InChI is InChI=1S/C16H13N5/c1-2-5-12(6-3-1)11-16-19-18-15-9-8-14(20-21(15)16)13-7-4-10-17-13/h1-10,17H,11H2. The molecular weight excluding hydrogens is 262 g/mol. The number of rotatable bonds is 3. The molecule has 102 valence electrons. The highest BCUT2D eigenvalue weighted by molar-refractivity contribution is 5.55. The second-order valence-corrected chi connectivity index (χ2v) is 4.85. The van der Waals surface area contributed by atoms with Gasteiger partial charge in [-0.15, -0.1) is 10.2 Å². The molecule has 0 bridgehead atoms. The molecule has 0 saturated carbocycles. The van der Waals surface area contributed by atoms with Crippen molar-refractivity contribution >= 4 is 5.65 Å². The van der Waals surface area contributed by atoms with Crippen LogP contribution in [0.1, 0.15) is 11.4 Å². The van der Waals surface area contributed by atoms with Crippen molar-refractivity contribution in [2.24, 2.45) is 0 Å². The summed E-state index contributed by atoms with van der Waals surface area (Å²) in [6.07, 6.45) is 2.60. The molecule has 0 atom stereocenters. The van der Waals surface area contributed by atoms with E-state index >= 15 is 0 Å². The summed E-state index contributed by atoms with van der Waals surface area (Å²) in [7, 11) is 0. The molecule has 0 saturated heterocycles. The summed E-state index contributed by atoms with van der Waals surface area (Å²) in [6, 6.07) is 18.0. The molecule has 0 aliphatic carbocycles. The van der Waals surface area contributed by atoms with E-state index in [9.17, 15) is 0 Å². The number of H-pyrrole nitrogens is 1. The Morgan fingerprint density at radius 3 is 2.62 bits per heavy atom. The lowest BCUT2D eigenvalue weighted by atomic mass is 10.1. The molecule has 21 heavy (non-hydrogen) atoms. The Morgan fingerprint density at radius 1 is 0.905 bits per heavy atom. The van der Waals surface area contributed by atoms with Gasteiger partial charge in [0.25, 0.3) is 0 Å². The summed E-state index contributed by atoms with van der Waals surface area (Å²) in [5.41, 5.74) is 3.81. The van der Waals surface area contributed by atoms with Crippen molar-refractivity contribution in [3.05, 3.63) is 72.2 Å². The monoisotopic (exact) mass is 275 g/mol. The predicted molar refractivity (Wildman–Crippen MR) is 79.8 cm³/mol. The molecule has 0 spiro atoms. The normalized spacial score (nSPS) is 11.0. The first-order valence-corrected chi connectivity index (χ1v) is 6.79. The molecule has 0 amide bonds. The fourth-order valence-electron chi connectivity index (χ4n) is 2.36. The number of hydrogen-bond donors (Lipinski definition) is 1. The fourth-order valence-corrected chi connectivity index (χ4v) is 2.36. The number of hydrogen-bond acceptors (Lipinski definition) is 3. The van der Waals surface area contributed by atoms with Crippen molar-refractivity contribution in [2.45, 2.75) is 6.42 Å². The van der Waals surface area contributed by atoms with E-state index in [1.54, 1.807) is 0 Å². The third-order valence-electron chi connectivity index (χ3n) is 3.41. The van der Waals surface area contributed by atoms with Crippen molar-refractivity contribution in [3.63, 3.8) is 0 Å². The first-order valence-electron chi connectivity index (χ1n) is 6.79. The van der Waals surface area contributed by atoms with Crippen molar-refractivity contribution in [1.82, 2.24) is 24.8 Å². The van der Waals surface area contributed by atoms with Crippen LogP contribution < -0.4 is 0 Å². The number of aromatic nitrogens is 5. The number of benzene rings is 1. The van der Waals surface area contributed by atoms with Gasteiger partial charge in [-0.3, -0.25) is 0 Å². The van der Waals surface area contributed by atoms with Crippen LogP contribution in [0.3, 0.4) is 0 Å². The summed E-state index contributed by atoms with van der Waals surface area (Å²) in [6.45, 7) is 0. The van der Waals surface area contributed by atoms with Crippen LogP contribution in [0.25, 0.3) is 17.0 Å². The van der Waals surface area contributed by atoms with Gasteiger partial charge in [0.05, 0.1) is 5.69 Å². The summed E-state index contributed by atoms with van der Waals surface area (Å²) in [5, 5.41) is 13.1. The molecule has 4 rings (SSSR count). The quantitative estimate of drug-likeness (QED) is 0.625. The molecule has 3 aromatic heterocycles. The van der Waals surface area contributed by atoms with Gasteiger partial charge in [-0.1, -0.05) is 30.3 Å². The molecule has 0 aliphatic rings. The van der Waals surface area contributed by atoms with Crippen molar-refractivity contribution < 1.29 is 0 Å². The molecule has 5 nitrogen and oxygen atoms in total. The van der Waals surface area contributed by atoms with E-state index in [4.69, 9.17) is 0 Å². The Labute approximate surface area is 121 Å². The van der Waals surface area contributed by atoms with E-state index < -0.39 is 0 Å². The summed E-state index contributed by atoms with van der Waals surface area (Å²) >= 11 is 0. The molecule has 1 N–H and O–H groups in total. The summed E-state index contributed by atoms with van der Waals surface area (Å²) in [4.78, 5) is 3.16. The lowest BCUT2D eigenvalue weighted by Gasteiger charge is -2.02. The summed E-state index contributed by atoms with van der Waals surface area (Å²) < 4.78 is 1.81. The minimum Gasteiger partial charge on any atom is -0.360 e. The van der Waals surface area contributed by atoms with Crippen LogP contribution in [0, 0.1) is 0 Å². The smallest absolute Gasteiger partial charge is 0.177 e. The van der Waals surface area contributed by atoms with Gasteiger partial charge in [-0.05, 0) is 29.8 Å². The van der Waals surface area contributed by atoms with E-state index in [0.717, 1.165) is 22.9 Å². The first-order chi connectivity index (χ1) is 10.4. The Bertz CT molecular complexity index is 862.